The summed E-state index contributed by atoms with van der Waals surface area (Å²) in [5, 5.41) is 4.80. The van der Waals surface area contributed by atoms with E-state index in [9.17, 15) is 0 Å². The van der Waals surface area contributed by atoms with E-state index in [0.29, 0.717) is 11.6 Å². The summed E-state index contributed by atoms with van der Waals surface area (Å²) in [6.45, 7) is 2.50. The molecule has 5 heteroatoms. The number of hydrogen-bond donors (Lipinski definition) is 1. The lowest BCUT2D eigenvalue weighted by molar-refractivity contribution is 0.313. The van der Waals surface area contributed by atoms with Gasteiger partial charge in [-0.3, -0.25) is 4.68 Å². The Bertz CT molecular complexity index is 551. The van der Waals surface area contributed by atoms with Gasteiger partial charge in [0.15, 0.2) is 0 Å². The number of hydrogen-bond acceptors (Lipinski definition) is 3. The first-order chi connectivity index (χ1) is 9.08. The molecule has 0 saturated carbocycles. The van der Waals surface area contributed by atoms with Crippen molar-refractivity contribution in [1.82, 2.24) is 9.78 Å². The van der Waals surface area contributed by atoms with Gasteiger partial charge < -0.3 is 10.5 Å². The van der Waals surface area contributed by atoms with Crippen molar-refractivity contribution in [3.63, 3.8) is 0 Å². The van der Waals surface area contributed by atoms with Crippen molar-refractivity contribution in [2.24, 2.45) is 12.8 Å². The van der Waals surface area contributed by atoms with Gasteiger partial charge in [-0.1, -0.05) is 11.6 Å². The normalized spacial score (nSPS) is 12.4. The van der Waals surface area contributed by atoms with Crippen molar-refractivity contribution in [2.45, 2.75) is 19.4 Å². The largest absolute Gasteiger partial charge is 0.493 e. The molecule has 1 aromatic carbocycles. The molecular weight excluding hydrogens is 262 g/mol. The van der Waals surface area contributed by atoms with E-state index in [0.717, 1.165) is 23.4 Å². The molecule has 0 spiro atoms. The van der Waals surface area contributed by atoms with Crippen LogP contribution in [0.25, 0.3) is 0 Å². The Morgan fingerprint density at radius 3 is 2.84 bits per heavy atom. The van der Waals surface area contributed by atoms with Crippen LogP contribution in [0.1, 0.15) is 24.2 Å². The predicted molar refractivity (Wildman–Crippen MR) is 76.5 cm³/mol. The molecule has 1 heterocycles. The number of aromatic nitrogens is 2. The van der Waals surface area contributed by atoms with Gasteiger partial charge in [0.1, 0.15) is 5.75 Å². The summed E-state index contributed by atoms with van der Waals surface area (Å²) in [5.41, 5.74) is 7.98. The van der Waals surface area contributed by atoms with E-state index >= 15 is 0 Å². The van der Waals surface area contributed by atoms with Crippen molar-refractivity contribution < 1.29 is 4.74 Å². The first-order valence-corrected chi connectivity index (χ1v) is 6.60. The Hall–Kier alpha value is -1.52. The summed E-state index contributed by atoms with van der Waals surface area (Å²) in [6.07, 6.45) is 2.59. The molecule has 0 bridgehead atoms. The minimum Gasteiger partial charge on any atom is -0.493 e. The van der Waals surface area contributed by atoms with E-state index in [1.54, 1.807) is 6.20 Å². The van der Waals surface area contributed by atoms with E-state index in [2.05, 4.69) is 5.10 Å². The molecule has 102 valence electrons. The molecule has 0 aliphatic carbocycles. The fourth-order valence-electron chi connectivity index (χ4n) is 1.92. The summed E-state index contributed by atoms with van der Waals surface area (Å²) >= 11 is 5.97. The molecule has 0 radical (unpaired) electrons. The van der Waals surface area contributed by atoms with Crippen molar-refractivity contribution in [2.75, 3.05) is 6.61 Å². The molecule has 0 aliphatic rings. The molecule has 0 fully saturated rings. The van der Waals surface area contributed by atoms with Gasteiger partial charge in [-0.25, -0.2) is 0 Å². The second-order valence-corrected chi connectivity index (χ2v) is 4.95. The SMILES string of the molecule is CC(N)c1cc(Cl)ccc1OCCc1ccnn1C. The molecule has 1 atom stereocenters. The maximum absolute atomic E-state index is 5.97. The van der Waals surface area contributed by atoms with Gasteiger partial charge in [0.2, 0.25) is 0 Å². The number of halogens is 1. The highest BCUT2D eigenvalue weighted by Gasteiger charge is 2.09. The van der Waals surface area contributed by atoms with E-state index in [1.807, 2.05) is 42.9 Å². The van der Waals surface area contributed by atoms with Crippen molar-refractivity contribution in [3.05, 3.63) is 46.7 Å². The maximum Gasteiger partial charge on any atom is 0.124 e. The molecule has 4 nitrogen and oxygen atoms in total. The highest BCUT2D eigenvalue weighted by atomic mass is 35.5. The number of benzene rings is 1. The fourth-order valence-corrected chi connectivity index (χ4v) is 2.10. The lowest BCUT2D eigenvalue weighted by atomic mass is 10.1. The minimum absolute atomic E-state index is 0.106. The van der Waals surface area contributed by atoms with Crippen molar-refractivity contribution in [3.8, 4) is 5.75 Å². The number of nitrogens with zero attached hydrogens (tertiary/aromatic N) is 2. The van der Waals surface area contributed by atoms with Gasteiger partial charge in [-0.05, 0) is 31.2 Å². The number of rotatable bonds is 5. The first kappa shape index (κ1) is 13.9. The Morgan fingerprint density at radius 2 is 2.21 bits per heavy atom. The Kier molecular flexibility index (Phi) is 4.45. The van der Waals surface area contributed by atoms with Crippen LogP contribution in [0.3, 0.4) is 0 Å². The average Bonchev–Trinajstić information content (AvgIpc) is 2.77. The minimum atomic E-state index is -0.106. The van der Waals surface area contributed by atoms with Gasteiger partial charge in [-0.2, -0.15) is 5.10 Å². The quantitative estimate of drug-likeness (QED) is 0.916. The third kappa shape index (κ3) is 3.49. The van der Waals surface area contributed by atoms with Crippen LogP contribution in [0.15, 0.2) is 30.5 Å². The third-order valence-corrected chi connectivity index (χ3v) is 3.24. The topological polar surface area (TPSA) is 53.1 Å². The van der Waals surface area contributed by atoms with Gasteiger partial charge >= 0.3 is 0 Å². The highest BCUT2D eigenvalue weighted by Crippen LogP contribution is 2.27. The summed E-state index contributed by atoms with van der Waals surface area (Å²) < 4.78 is 7.65. The van der Waals surface area contributed by atoms with E-state index in [-0.39, 0.29) is 6.04 Å². The predicted octanol–water partition coefficient (Wildman–Crippen LogP) is 2.71. The molecule has 1 unspecified atom stereocenters. The lowest BCUT2D eigenvalue weighted by Crippen LogP contribution is -2.10. The molecule has 0 amide bonds. The van der Waals surface area contributed by atoms with Crippen LogP contribution >= 0.6 is 11.6 Å². The summed E-state index contributed by atoms with van der Waals surface area (Å²) in [5.74, 6) is 0.793. The van der Waals surface area contributed by atoms with Crippen LogP contribution in [0.4, 0.5) is 0 Å². The zero-order chi connectivity index (χ0) is 13.8. The maximum atomic E-state index is 5.97. The zero-order valence-electron chi connectivity index (χ0n) is 11.1. The molecule has 2 N–H and O–H groups in total. The second kappa shape index (κ2) is 6.08. The van der Waals surface area contributed by atoms with E-state index < -0.39 is 0 Å². The van der Waals surface area contributed by atoms with Crippen LogP contribution in [0.5, 0.6) is 5.75 Å². The monoisotopic (exact) mass is 279 g/mol. The average molecular weight is 280 g/mol. The van der Waals surface area contributed by atoms with Gasteiger partial charge in [-0.15, -0.1) is 0 Å². The molecule has 2 rings (SSSR count). The molecule has 19 heavy (non-hydrogen) atoms. The van der Waals surface area contributed by atoms with Gasteiger partial charge in [0, 0.05) is 42.0 Å². The van der Waals surface area contributed by atoms with Crippen LogP contribution in [-0.2, 0) is 13.5 Å². The third-order valence-electron chi connectivity index (χ3n) is 3.00. The second-order valence-electron chi connectivity index (χ2n) is 4.52. The zero-order valence-corrected chi connectivity index (χ0v) is 11.9. The summed E-state index contributed by atoms with van der Waals surface area (Å²) in [6, 6.07) is 7.41. The van der Waals surface area contributed by atoms with Gasteiger partial charge in [0.05, 0.1) is 6.61 Å². The first-order valence-electron chi connectivity index (χ1n) is 6.22. The molecular formula is C14H18ClN3O. The summed E-state index contributed by atoms with van der Waals surface area (Å²) in [7, 11) is 1.92. The Morgan fingerprint density at radius 1 is 1.42 bits per heavy atom. The van der Waals surface area contributed by atoms with E-state index in [4.69, 9.17) is 22.1 Å². The summed E-state index contributed by atoms with van der Waals surface area (Å²) in [4.78, 5) is 0. The van der Waals surface area contributed by atoms with Crippen molar-refractivity contribution in [1.29, 1.82) is 0 Å². The van der Waals surface area contributed by atoms with Crippen LogP contribution in [0, 0.1) is 0 Å². The Labute approximate surface area is 118 Å². The lowest BCUT2D eigenvalue weighted by Gasteiger charge is -2.14. The van der Waals surface area contributed by atoms with Gasteiger partial charge in [0.25, 0.3) is 0 Å². The standard InChI is InChI=1S/C14H18ClN3O/c1-10(16)13-9-11(15)3-4-14(13)19-8-6-12-5-7-17-18(12)2/h3-5,7,9-10H,6,8,16H2,1-2H3. The van der Waals surface area contributed by atoms with Crippen LogP contribution < -0.4 is 10.5 Å². The number of nitrogens with two attached hydrogens (primary N) is 1. The molecule has 2 aromatic rings. The highest BCUT2D eigenvalue weighted by molar-refractivity contribution is 6.30. The van der Waals surface area contributed by atoms with Crippen LogP contribution in [-0.4, -0.2) is 16.4 Å². The van der Waals surface area contributed by atoms with E-state index in [1.165, 1.54) is 0 Å². The van der Waals surface area contributed by atoms with Crippen LogP contribution in [0.2, 0.25) is 5.02 Å². The fraction of sp³-hybridized carbons (Fsp3) is 0.357. The Balaban J connectivity index is 2.01. The molecule has 0 aliphatic heterocycles. The molecule has 0 saturated heterocycles. The number of ether oxygens (including phenoxy) is 1. The van der Waals surface area contributed by atoms with Crippen molar-refractivity contribution >= 4 is 11.6 Å². The number of aryl methyl sites for hydroxylation is 1. The smallest absolute Gasteiger partial charge is 0.124 e. The molecule has 1 aromatic heterocycles.